The SMILES string of the molecule is COC(=O)C(CO)NC(=O)Cc1ccc(OC)cc1. The molecule has 1 aromatic rings. The van der Waals surface area contributed by atoms with Crippen molar-refractivity contribution in [2.45, 2.75) is 12.5 Å². The first-order chi connectivity index (χ1) is 9.10. The summed E-state index contributed by atoms with van der Waals surface area (Å²) in [4.78, 5) is 22.9. The van der Waals surface area contributed by atoms with Crippen molar-refractivity contribution in [2.24, 2.45) is 0 Å². The number of carbonyl (C=O) groups excluding carboxylic acids is 2. The number of hydrogen-bond acceptors (Lipinski definition) is 5. The van der Waals surface area contributed by atoms with Crippen LogP contribution in [0, 0.1) is 0 Å². The molecule has 0 bridgehead atoms. The molecule has 0 spiro atoms. The van der Waals surface area contributed by atoms with Gasteiger partial charge in [0.1, 0.15) is 5.75 Å². The largest absolute Gasteiger partial charge is 0.497 e. The van der Waals surface area contributed by atoms with Gasteiger partial charge in [-0.2, -0.15) is 0 Å². The van der Waals surface area contributed by atoms with Crippen LogP contribution in [0.5, 0.6) is 5.75 Å². The van der Waals surface area contributed by atoms with E-state index in [2.05, 4.69) is 10.1 Å². The lowest BCUT2D eigenvalue weighted by Gasteiger charge is -2.13. The van der Waals surface area contributed by atoms with Crippen molar-refractivity contribution in [3.8, 4) is 5.75 Å². The topological polar surface area (TPSA) is 84.9 Å². The molecule has 0 aromatic heterocycles. The number of methoxy groups -OCH3 is 2. The zero-order chi connectivity index (χ0) is 14.3. The van der Waals surface area contributed by atoms with E-state index in [1.54, 1.807) is 31.4 Å². The van der Waals surface area contributed by atoms with Gasteiger partial charge in [-0.3, -0.25) is 4.79 Å². The number of aliphatic hydroxyl groups excluding tert-OH is 1. The fourth-order valence-corrected chi connectivity index (χ4v) is 1.50. The first-order valence-electron chi connectivity index (χ1n) is 5.71. The molecule has 1 aromatic carbocycles. The van der Waals surface area contributed by atoms with Gasteiger partial charge in [-0.05, 0) is 17.7 Å². The van der Waals surface area contributed by atoms with Crippen molar-refractivity contribution in [1.82, 2.24) is 5.32 Å². The lowest BCUT2D eigenvalue weighted by molar-refractivity contribution is -0.146. The summed E-state index contributed by atoms with van der Waals surface area (Å²) in [6.45, 7) is -0.499. The van der Waals surface area contributed by atoms with E-state index >= 15 is 0 Å². The number of ether oxygens (including phenoxy) is 2. The second kappa shape index (κ2) is 7.38. The van der Waals surface area contributed by atoms with Gasteiger partial charge in [0.05, 0.1) is 27.2 Å². The Morgan fingerprint density at radius 3 is 2.37 bits per heavy atom. The lowest BCUT2D eigenvalue weighted by Crippen LogP contribution is -2.44. The van der Waals surface area contributed by atoms with Crippen LogP contribution in [0.3, 0.4) is 0 Å². The minimum absolute atomic E-state index is 0.109. The molecule has 1 rings (SSSR count). The molecule has 0 radical (unpaired) electrons. The molecule has 0 aliphatic heterocycles. The molecular weight excluding hydrogens is 250 g/mol. The van der Waals surface area contributed by atoms with Crippen molar-refractivity contribution in [1.29, 1.82) is 0 Å². The van der Waals surface area contributed by atoms with Gasteiger partial charge in [0, 0.05) is 0 Å². The van der Waals surface area contributed by atoms with E-state index in [1.807, 2.05) is 0 Å². The highest BCUT2D eigenvalue weighted by Gasteiger charge is 2.20. The Morgan fingerprint density at radius 2 is 1.89 bits per heavy atom. The Kier molecular flexibility index (Phi) is 5.81. The minimum atomic E-state index is -1.03. The maximum absolute atomic E-state index is 11.7. The van der Waals surface area contributed by atoms with Gasteiger partial charge in [0.15, 0.2) is 6.04 Å². The quantitative estimate of drug-likeness (QED) is 0.702. The summed E-state index contributed by atoms with van der Waals surface area (Å²) < 4.78 is 9.46. The number of amides is 1. The van der Waals surface area contributed by atoms with Crippen LogP contribution >= 0.6 is 0 Å². The van der Waals surface area contributed by atoms with Gasteiger partial charge in [-0.1, -0.05) is 12.1 Å². The Labute approximate surface area is 111 Å². The molecule has 6 heteroatoms. The van der Waals surface area contributed by atoms with E-state index in [0.717, 1.165) is 5.56 Å². The molecule has 2 N–H and O–H groups in total. The number of carbonyl (C=O) groups is 2. The third-order valence-electron chi connectivity index (χ3n) is 2.53. The van der Waals surface area contributed by atoms with Crippen LogP contribution in [-0.2, 0) is 20.7 Å². The molecule has 0 saturated carbocycles. The van der Waals surface area contributed by atoms with Crippen LogP contribution in [0.15, 0.2) is 24.3 Å². The van der Waals surface area contributed by atoms with Crippen molar-refractivity contribution < 1.29 is 24.2 Å². The molecule has 104 valence electrons. The highest BCUT2D eigenvalue weighted by molar-refractivity contribution is 5.85. The number of aliphatic hydroxyl groups is 1. The molecule has 0 aliphatic carbocycles. The van der Waals surface area contributed by atoms with Crippen LogP contribution in [0.4, 0.5) is 0 Å². The maximum atomic E-state index is 11.7. The normalized spacial score (nSPS) is 11.5. The number of rotatable bonds is 6. The zero-order valence-electron chi connectivity index (χ0n) is 10.9. The second-order valence-electron chi connectivity index (χ2n) is 3.85. The van der Waals surface area contributed by atoms with E-state index in [-0.39, 0.29) is 12.3 Å². The van der Waals surface area contributed by atoms with Crippen LogP contribution < -0.4 is 10.1 Å². The van der Waals surface area contributed by atoms with Gasteiger partial charge in [-0.25, -0.2) is 4.79 Å². The maximum Gasteiger partial charge on any atom is 0.330 e. The van der Waals surface area contributed by atoms with Gasteiger partial charge >= 0.3 is 5.97 Å². The Bertz CT molecular complexity index is 429. The number of benzene rings is 1. The van der Waals surface area contributed by atoms with Crippen molar-refractivity contribution in [3.05, 3.63) is 29.8 Å². The summed E-state index contributed by atoms with van der Waals surface area (Å²) >= 11 is 0. The summed E-state index contributed by atoms with van der Waals surface area (Å²) in [7, 11) is 2.75. The third kappa shape index (κ3) is 4.59. The molecule has 19 heavy (non-hydrogen) atoms. The molecular formula is C13H17NO5. The fraction of sp³-hybridized carbons (Fsp3) is 0.385. The van der Waals surface area contributed by atoms with Crippen molar-refractivity contribution in [2.75, 3.05) is 20.8 Å². The average molecular weight is 267 g/mol. The number of esters is 1. The van der Waals surface area contributed by atoms with Gasteiger partial charge in [0.25, 0.3) is 0 Å². The van der Waals surface area contributed by atoms with Crippen LogP contribution in [-0.4, -0.2) is 43.9 Å². The van der Waals surface area contributed by atoms with Crippen molar-refractivity contribution in [3.63, 3.8) is 0 Å². The first kappa shape index (κ1) is 15.0. The third-order valence-corrected chi connectivity index (χ3v) is 2.53. The van der Waals surface area contributed by atoms with E-state index in [4.69, 9.17) is 9.84 Å². The molecule has 6 nitrogen and oxygen atoms in total. The molecule has 0 saturated heterocycles. The Hall–Kier alpha value is -2.08. The number of nitrogens with one attached hydrogen (secondary N) is 1. The molecule has 0 fully saturated rings. The van der Waals surface area contributed by atoms with Crippen LogP contribution in [0.25, 0.3) is 0 Å². The van der Waals surface area contributed by atoms with E-state index < -0.39 is 18.6 Å². The first-order valence-corrected chi connectivity index (χ1v) is 5.71. The minimum Gasteiger partial charge on any atom is -0.497 e. The monoisotopic (exact) mass is 267 g/mol. The van der Waals surface area contributed by atoms with E-state index in [0.29, 0.717) is 5.75 Å². The van der Waals surface area contributed by atoms with Crippen LogP contribution in [0.1, 0.15) is 5.56 Å². The van der Waals surface area contributed by atoms with Gasteiger partial charge in [-0.15, -0.1) is 0 Å². The van der Waals surface area contributed by atoms with Gasteiger partial charge < -0.3 is 19.9 Å². The highest BCUT2D eigenvalue weighted by atomic mass is 16.5. The zero-order valence-corrected chi connectivity index (χ0v) is 10.9. The highest BCUT2D eigenvalue weighted by Crippen LogP contribution is 2.11. The molecule has 0 heterocycles. The smallest absolute Gasteiger partial charge is 0.330 e. The summed E-state index contributed by atoms with van der Waals surface area (Å²) in [6.07, 6.45) is 0.109. The van der Waals surface area contributed by atoms with Crippen LogP contribution in [0.2, 0.25) is 0 Å². The number of hydrogen-bond donors (Lipinski definition) is 2. The van der Waals surface area contributed by atoms with E-state index in [1.165, 1.54) is 7.11 Å². The predicted molar refractivity (Wildman–Crippen MR) is 67.7 cm³/mol. The lowest BCUT2D eigenvalue weighted by atomic mass is 10.1. The molecule has 1 amide bonds. The van der Waals surface area contributed by atoms with Crippen molar-refractivity contribution >= 4 is 11.9 Å². The Balaban J connectivity index is 2.56. The van der Waals surface area contributed by atoms with Gasteiger partial charge in [0.2, 0.25) is 5.91 Å². The van der Waals surface area contributed by atoms with E-state index in [9.17, 15) is 9.59 Å². The Morgan fingerprint density at radius 1 is 1.26 bits per heavy atom. The molecule has 1 unspecified atom stereocenters. The second-order valence-corrected chi connectivity index (χ2v) is 3.85. The summed E-state index contributed by atoms with van der Waals surface area (Å²) in [5.74, 6) is -0.341. The summed E-state index contributed by atoms with van der Waals surface area (Å²) in [6, 6.07) is 5.96. The standard InChI is InChI=1S/C13H17NO5/c1-18-10-5-3-9(4-6-10)7-12(16)14-11(8-15)13(17)19-2/h3-6,11,15H,7-8H2,1-2H3,(H,14,16). The fourth-order valence-electron chi connectivity index (χ4n) is 1.50. The summed E-state index contributed by atoms with van der Waals surface area (Å²) in [5, 5.41) is 11.4. The average Bonchev–Trinajstić information content (AvgIpc) is 2.44. The summed E-state index contributed by atoms with van der Waals surface area (Å²) in [5.41, 5.74) is 0.778. The molecule has 0 aliphatic rings. The predicted octanol–water partition coefficient (Wildman–Crippen LogP) is -0.112. The molecule has 1 atom stereocenters.